The summed E-state index contributed by atoms with van der Waals surface area (Å²) in [4.78, 5) is 13.4. The number of carbonyl (C=O) groups is 1. The molecule has 0 fully saturated rings. The Kier molecular flexibility index (Phi) is 4.12. The Morgan fingerprint density at radius 2 is 1.85 bits per heavy atom. The van der Waals surface area contributed by atoms with Crippen LogP contribution in [0.15, 0.2) is 6.07 Å². The van der Waals surface area contributed by atoms with E-state index in [4.69, 9.17) is 10.8 Å². The standard InChI is InChI=1S/C9H6F6N2O3/c10-8(11,12)6-3(2-16)5(20-9(13,14)15)1-4(17-6)7(18)19/h1H,2,16H2,(H,18,19). The van der Waals surface area contributed by atoms with Crippen LogP contribution < -0.4 is 10.5 Å². The molecule has 1 aromatic heterocycles. The molecular weight excluding hydrogens is 298 g/mol. The molecule has 1 rings (SSSR count). The Hall–Kier alpha value is -2.04. The van der Waals surface area contributed by atoms with E-state index in [0.717, 1.165) is 0 Å². The highest BCUT2D eigenvalue weighted by Gasteiger charge is 2.40. The zero-order valence-electron chi connectivity index (χ0n) is 9.34. The van der Waals surface area contributed by atoms with Gasteiger partial charge in [0.25, 0.3) is 0 Å². The van der Waals surface area contributed by atoms with E-state index in [1.165, 1.54) is 0 Å². The predicted octanol–water partition coefficient (Wildman–Crippen LogP) is 2.16. The fraction of sp³-hybridized carbons (Fsp3) is 0.333. The van der Waals surface area contributed by atoms with Gasteiger partial charge in [-0.05, 0) is 0 Å². The average molecular weight is 304 g/mol. The first-order valence-electron chi connectivity index (χ1n) is 4.76. The minimum Gasteiger partial charge on any atom is -0.477 e. The molecule has 0 amide bonds. The van der Waals surface area contributed by atoms with Crippen molar-refractivity contribution in [1.82, 2.24) is 4.98 Å². The highest BCUT2D eigenvalue weighted by Crippen LogP contribution is 2.36. The Morgan fingerprint density at radius 3 is 2.20 bits per heavy atom. The van der Waals surface area contributed by atoms with E-state index in [1.807, 2.05) is 0 Å². The summed E-state index contributed by atoms with van der Waals surface area (Å²) in [5.74, 6) is -3.29. The number of aromatic carboxylic acids is 1. The lowest BCUT2D eigenvalue weighted by atomic mass is 10.1. The molecule has 0 aliphatic carbocycles. The molecule has 0 aliphatic heterocycles. The molecule has 3 N–H and O–H groups in total. The van der Waals surface area contributed by atoms with E-state index < -0.39 is 47.8 Å². The first kappa shape index (κ1) is 16.0. The van der Waals surface area contributed by atoms with Crippen LogP contribution in [-0.2, 0) is 12.7 Å². The van der Waals surface area contributed by atoms with Gasteiger partial charge in [0.2, 0.25) is 0 Å². The Balaban J connectivity index is 3.55. The molecule has 0 spiro atoms. The average Bonchev–Trinajstić information content (AvgIpc) is 2.24. The van der Waals surface area contributed by atoms with Crippen molar-refractivity contribution in [1.29, 1.82) is 0 Å². The summed E-state index contributed by atoms with van der Waals surface area (Å²) in [6.07, 6.45) is -10.5. The van der Waals surface area contributed by atoms with Gasteiger partial charge in [0.1, 0.15) is 5.75 Å². The maximum atomic E-state index is 12.6. The Bertz CT molecular complexity index is 526. The number of ether oxygens (including phenoxy) is 1. The second-order valence-electron chi connectivity index (χ2n) is 3.39. The van der Waals surface area contributed by atoms with Crippen molar-refractivity contribution in [3.63, 3.8) is 0 Å². The van der Waals surface area contributed by atoms with Gasteiger partial charge >= 0.3 is 18.5 Å². The van der Waals surface area contributed by atoms with E-state index in [2.05, 4.69) is 9.72 Å². The number of hydrogen-bond acceptors (Lipinski definition) is 4. The van der Waals surface area contributed by atoms with Gasteiger partial charge in [-0.15, -0.1) is 13.2 Å². The number of nitrogens with two attached hydrogens (primary N) is 1. The summed E-state index contributed by atoms with van der Waals surface area (Å²) in [7, 11) is 0. The molecule has 0 radical (unpaired) electrons. The van der Waals surface area contributed by atoms with E-state index in [1.54, 1.807) is 0 Å². The Labute approximate surface area is 107 Å². The number of halogens is 6. The fourth-order valence-corrected chi connectivity index (χ4v) is 1.31. The van der Waals surface area contributed by atoms with Crippen molar-refractivity contribution >= 4 is 5.97 Å². The molecule has 5 nitrogen and oxygen atoms in total. The summed E-state index contributed by atoms with van der Waals surface area (Å²) in [5, 5.41) is 8.56. The molecule has 0 saturated carbocycles. The molecule has 20 heavy (non-hydrogen) atoms. The van der Waals surface area contributed by atoms with Crippen LogP contribution in [0.5, 0.6) is 5.75 Å². The third-order valence-electron chi connectivity index (χ3n) is 2.00. The van der Waals surface area contributed by atoms with Crippen LogP contribution >= 0.6 is 0 Å². The minimum atomic E-state index is -5.30. The van der Waals surface area contributed by atoms with Gasteiger partial charge in [0.15, 0.2) is 11.4 Å². The monoisotopic (exact) mass is 304 g/mol. The topological polar surface area (TPSA) is 85.4 Å². The van der Waals surface area contributed by atoms with Gasteiger partial charge in [-0.3, -0.25) is 0 Å². The van der Waals surface area contributed by atoms with Crippen LogP contribution in [0.4, 0.5) is 26.3 Å². The van der Waals surface area contributed by atoms with Gasteiger partial charge in [0, 0.05) is 18.2 Å². The molecule has 1 heterocycles. The number of rotatable bonds is 3. The van der Waals surface area contributed by atoms with Gasteiger partial charge in [0.05, 0.1) is 0 Å². The molecular formula is C9H6F6N2O3. The second kappa shape index (κ2) is 5.15. The van der Waals surface area contributed by atoms with Gasteiger partial charge in [-0.1, -0.05) is 0 Å². The smallest absolute Gasteiger partial charge is 0.477 e. The van der Waals surface area contributed by atoms with E-state index in [-0.39, 0.29) is 6.07 Å². The number of carboxylic acids is 1. The number of carboxylic acid groups (broad SMARTS) is 1. The molecule has 0 saturated heterocycles. The van der Waals surface area contributed by atoms with Crippen LogP contribution in [0.1, 0.15) is 21.7 Å². The van der Waals surface area contributed by atoms with E-state index in [0.29, 0.717) is 0 Å². The summed E-state index contributed by atoms with van der Waals surface area (Å²) in [6, 6.07) is 0.229. The molecule has 0 unspecified atom stereocenters. The van der Waals surface area contributed by atoms with Crippen LogP contribution in [0.3, 0.4) is 0 Å². The van der Waals surface area contributed by atoms with Gasteiger partial charge in [-0.25, -0.2) is 9.78 Å². The highest BCUT2D eigenvalue weighted by atomic mass is 19.4. The summed E-state index contributed by atoms with van der Waals surface area (Å²) in [5.41, 5.74) is 0.799. The number of nitrogens with zero attached hydrogens (tertiary/aromatic N) is 1. The molecule has 0 aliphatic rings. The lowest BCUT2D eigenvalue weighted by molar-refractivity contribution is -0.275. The van der Waals surface area contributed by atoms with Crippen molar-refractivity contribution in [2.24, 2.45) is 5.73 Å². The SMILES string of the molecule is NCc1c(OC(F)(F)F)cc(C(=O)O)nc1C(F)(F)F. The van der Waals surface area contributed by atoms with E-state index in [9.17, 15) is 31.1 Å². The van der Waals surface area contributed by atoms with Crippen LogP contribution in [0.25, 0.3) is 0 Å². The molecule has 1 aromatic rings. The normalized spacial score (nSPS) is 12.3. The number of alkyl halides is 6. The zero-order chi connectivity index (χ0) is 15.7. The fourth-order valence-electron chi connectivity index (χ4n) is 1.31. The number of hydrogen-bond donors (Lipinski definition) is 2. The largest absolute Gasteiger partial charge is 0.573 e. The molecule has 0 atom stereocenters. The predicted molar refractivity (Wildman–Crippen MR) is 50.8 cm³/mol. The zero-order valence-corrected chi connectivity index (χ0v) is 9.34. The highest BCUT2D eigenvalue weighted by molar-refractivity contribution is 5.86. The van der Waals surface area contributed by atoms with Crippen molar-refractivity contribution in [2.45, 2.75) is 19.1 Å². The van der Waals surface area contributed by atoms with Crippen LogP contribution in [0, 0.1) is 0 Å². The quantitative estimate of drug-likeness (QED) is 0.836. The van der Waals surface area contributed by atoms with Crippen molar-refractivity contribution in [2.75, 3.05) is 0 Å². The number of pyridine rings is 1. The van der Waals surface area contributed by atoms with Crippen LogP contribution in [0.2, 0.25) is 0 Å². The lowest BCUT2D eigenvalue weighted by Crippen LogP contribution is -2.23. The third-order valence-corrected chi connectivity index (χ3v) is 2.00. The molecule has 0 bridgehead atoms. The summed E-state index contributed by atoms with van der Waals surface area (Å²) >= 11 is 0. The van der Waals surface area contributed by atoms with Gasteiger partial charge in [-0.2, -0.15) is 13.2 Å². The Morgan fingerprint density at radius 1 is 1.30 bits per heavy atom. The maximum absolute atomic E-state index is 12.6. The van der Waals surface area contributed by atoms with Crippen LogP contribution in [-0.4, -0.2) is 22.4 Å². The first-order valence-corrected chi connectivity index (χ1v) is 4.76. The number of aromatic nitrogens is 1. The second-order valence-corrected chi connectivity index (χ2v) is 3.39. The third kappa shape index (κ3) is 3.73. The van der Waals surface area contributed by atoms with Gasteiger partial charge < -0.3 is 15.6 Å². The molecule has 0 aromatic carbocycles. The van der Waals surface area contributed by atoms with Crippen molar-refractivity contribution < 1.29 is 41.0 Å². The lowest BCUT2D eigenvalue weighted by Gasteiger charge is -2.17. The minimum absolute atomic E-state index is 0.229. The van der Waals surface area contributed by atoms with Crippen molar-refractivity contribution in [3.05, 3.63) is 23.0 Å². The van der Waals surface area contributed by atoms with E-state index >= 15 is 0 Å². The summed E-state index contributed by atoms with van der Waals surface area (Å²) in [6.45, 7) is -0.965. The maximum Gasteiger partial charge on any atom is 0.573 e. The molecule has 112 valence electrons. The first-order chi connectivity index (χ1) is 8.95. The van der Waals surface area contributed by atoms with Crippen molar-refractivity contribution in [3.8, 4) is 5.75 Å². The molecule has 11 heteroatoms. The summed E-state index contributed by atoms with van der Waals surface area (Å²) < 4.78 is 77.6.